The largest absolute Gasteiger partial charge is 0.304 e. The van der Waals surface area contributed by atoms with E-state index in [1.54, 1.807) is 6.08 Å². The highest BCUT2D eigenvalue weighted by Gasteiger charge is 2.44. The highest BCUT2D eigenvalue weighted by Crippen LogP contribution is 2.49. The van der Waals surface area contributed by atoms with Crippen LogP contribution in [0.3, 0.4) is 0 Å². The Hall–Kier alpha value is -1.48. The molecule has 4 heteroatoms. The second kappa shape index (κ2) is 5.49. The number of hydrogen-bond donors (Lipinski definition) is 0. The van der Waals surface area contributed by atoms with Gasteiger partial charge in [-0.15, -0.1) is 0 Å². The minimum atomic E-state index is -0.242. The van der Waals surface area contributed by atoms with Crippen LogP contribution in [0.25, 0.3) is 0 Å². The van der Waals surface area contributed by atoms with Crippen LogP contribution in [0.4, 0.5) is 0 Å². The van der Waals surface area contributed by atoms with Crippen molar-refractivity contribution in [1.29, 1.82) is 0 Å². The van der Waals surface area contributed by atoms with E-state index >= 15 is 0 Å². The smallest absolute Gasteiger partial charge is 0.235 e. The van der Waals surface area contributed by atoms with Crippen molar-refractivity contribution in [3.05, 3.63) is 35.4 Å². The van der Waals surface area contributed by atoms with Crippen LogP contribution in [0.5, 0.6) is 0 Å². The highest BCUT2D eigenvalue weighted by molar-refractivity contribution is 5.41. The van der Waals surface area contributed by atoms with Crippen molar-refractivity contribution in [1.82, 2.24) is 9.80 Å². The van der Waals surface area contributed by atoms with Gasteiger partial charge in [-0.05, 0) is 31.0 Å². The third kappa shape index (κ3) is 2.83. The van der Waals surface area contributed by atoms with Crippen molar-refractivity contribution >= 4 is 6.08 Å². The molecule has 106 valence electrons. The lowest BCUT2D eigenvalue weighted by molar-refractivity contribution is 0.148. The maximum Gasteiger partial charge on any atom is 0.235 e. The average Bonchev–Trinajstić information content (AvgIpc) is 3.24. The summed E-state index contributed by atoms with van der Waals surface area (Å²) in [7, 11) is 2.18. The van der Waals surface area contributed by atoms with Crippen LogP contribution < -0.4 is 0 Å². The maximum atomic E-state index is 10.5. The Bertz CT molecular complexity index is 507. The van der Waals surface area contributed by atoms with Crippen LogP contribution in [0.2, 0.25) is 0 Å². The fourth-order valence-electron chi connectivity index (χ4n) is 2.86. The lowest BCUT2D eigenvalue weighted by Gasteiger charge is -2.32. The van der Waals surface area contributed by atoms with Crippen molar-refractivity contribution in [2.75, 3.05) is 33.2 Å². The molecule has 1 saturated carbocycles. The number of likely N-dealkylation sites (N-methyl/N-ethyl adjacent to an activating group) is 1. The first-order valence-corrected chi connectivity index (χ1v) is 7.31. The predicted octanol–water partition coefficient (Wildman–Crippen LogP) is 1.76. The lowest BCUT2D eigenvalue weighted by atomic mass is 10.0. The van der Waals surface area contributed by atoms with Gasteiger partial charge in [-0.1, -0.05) is 24.3 Å². The zero-order valence-electron chi connectivity index (χ0n) is 12.0. The standard InChI is InChI=1S/C16H21N3O/c1-18-8-10-19(11-9-18)12-14-2-4-15(5-3-14)16(6-7-16)17-13-20/h2-5H,6-12H2,1H3. The summed E-state index contributed by atoms with van der Waals surface area (Å²) < 4.78 is 0. The van der Waals surface area contributed by atoms with Gasteiger partial charge < -0.3 is 4.90 Å². The Labute approximate surface area is 120 Å². The fourth-order valence-corrected chi connectivity index (χ4v) is 2.86. The topological polar surface area (TPSA) is 35.9 Å². The van der Waals surface area contributed by atoms with Gasteiger partial charge in [0.2, 0.25) is 6.08 Å². The molecule has 0 atom stereocenters. The first-order valence-electron chi connectivity index (χ1n) is 7.31. The first-order chi connectivity index (χ1) is 9.72. The summed E-state index contributed by atoms with van der Waals surface area (Å²) in [6.45, 7) is 5.58. The zero-order valence-corrected chi connectivity index (χ0v) is 12.0. The van der Waals surface area contributed by atoms with Gasteiger partial charge in [0, 0.05) is 32.7 Å². The summed E-state index contributed by atoms with van der Waals surface area (Å²) in [6, 6.07) is 8.60. The summed E-state index contributed by atoms with van der Waals surface area (Å²) in [4.78, 5) is 19.3. The molecule has 1 aliphatic carbocycles. The van der Waals surface area contributed by atoms with Crippen LogP contribution in [0.15, 0.2) is 29.3 Å². The van der Waals surface area contributed by atoms with Crippen molar-refractivity contribution in [3.8, 4) is 0 Å². The van der Waals surface area contributed by atoms with Gasteiger partial charge in [0.15, 0.2) is 0 Å². The number of aliphatic imine (C=N–C) groups is 1. The van der Waals surface area contributed by atoms with E-state index in [2.05, 4.69) is 46.1 Å². The molecule has 3 rings (SSSR count). The lowest BCUT2D eigenvalue weighted by Crippen LogP contribution is -2.43. The molecule has 0 spiro atoms. The Kier molecular flexibility index (Phi) is 3.70. The molecule has 1 heterocycles. The number of hydrogen-bond acceptors (Lipinski definition) is 4. The predicted molar refractivity (Wildman–Crippen MR) is 78.2 cm³/mol. The number of isocyanates is 1. The van der Waals surface area contributed by atoms with Crippen molar-refractivity contribution in [2.45, 2.75) is 24.9 Å². The van der Waals surface area contributed by atoms with E-state index in [9.17, 15) is 4.79 Å². The molecule has 1 aromatic rings. The highest BCUT2D eigenvalue weighted by atomic mass is 16.1. The molecule has 1 aliphatic heterocycles. The number of rotatable bonds is 4. The Morgan fingerprint density at radius 1 is 1.15 bits per heavy atom. The number of nitrogens with zero attached hydrogens (tertiary/aromatic N) is 3. The van der Waals surface area contributed by atoms with Gasteiger partial charge in [0.1, 0.15) is 0 Å². The maximum absolute atomic E-state index is 10.5. The third-order valence-corrected chi connectivity index (χ3v) is 4.48. The van der Waals surface area contributed by atoms with Crippen molar-refractivity contribution in [3.63, 3.8) is 0 Å². The molecule has 0 amide bonds. The minimum absolute atomic E-state index is 0.242. The monoisotopic (exact) mass is 271 g/mol. The van der Waals surface area contributed by atoms with E-state index in [-0.39, 0.29) is 5.54 Å². The molecular weight excluding hydrogens is 250 g/mol. The fraction of sp³-hybridized carbons (Fsp3) is 0.562. The molecule has 2 fully saturated rings. The summed E-state index contributed by atoms with van der Waals surface area (Å²) >= 11 is 0. The van der Waals surface area contributed by atoms with E-state index in [1.165, 1.54) is 5.56 Å². The number of benzene rings is 1. The van der Waals surface area contributed by atoms with Crippen LogP contribution in [0, 0.1) is 0 Å². The molecule has 4 nitrogen and oxygen atoms in total. The normalized spacial score (nSPS) is 22.2. The van der Waals surface area contributed by atoms with Gasteiger partial charge in [0.25, 0.3) is 0 Å². The van der Waals surface area contributed by atoms with E-state index in [0.717, 1.165) is 51.1 Å². The number of piperazine rings is 1. The third-order valence-electron chi connectivity index (χ3n) is 4.48. The van der Waals surface area contributed by atoms with Crippen LogP contribution in [-0.4, -0.2) is 49.1 Å². The molecule has 0 N–H and O–H groups in total. The second-order valence-corrected chi connectivity index (χ2v) is 6.01. The quantitative estimate of drug-likeness (QED) is 0.618. The molecule has 0 aromatic heterocycles. The molecule has 0 radical (unpaired) electrons. The van der Waals surface area contributed by atoms with Crippen LogP contribution in [0.1, 0.15) is 24.0 Å². The van der Waals surface area contributed by atoms with Gasteiger partial charge >= 0.3 is 0 Å². The Morgan fingerprint density at radius 3 is 2.35 bits per heavy atom. The van der Waals surface area contributed by atoms with Gasteiger partial charge in [-0.25, -0.2) is 4.79 Å². The van der Waals surface area contributed by atoms with Gasteiger partial charge in [-0.3, -0.25) is 4.90 Å². The SMILES string of the molecule is CN1CCN(Cc2ccc(C3(N=C=O)CC3)cc2)CC1. The molecule has 1 saturated heterocycles. The minimum Gasteiger partial charge on any atom is -0.304 e. The van der Waals surface area contributed by atoms with Crippen molar-refractivity contribution in [2.24, 2.45) is 4.99 Å². The van der Waals surface area contributed by atoms with Gasteiger partial charge in [0.05, 0.1) is 5.54 Å². The number of carbonyl (C=O) groups excluding carboxylic acids is 1. The van der Waals surface area contributed by atoms with Crippen LogP contribution >= 0.6 is 0 Å². The Balaban J connectivity index is 1.63. The average molecular weight is 271 g/mol. The van der Waals surface area contributed by atoms with E-state index in [1.807, 2.05) is 0 Å². The van der Waals surface area contributed by atoms with E-state index < -0.39 is 0 Å². The molecule has 1 aromatic carbocycles. The molecule has 0 bridgehead atoms. The Morgan fingerprint density at radius 2 is 1.80 bits per heavy atom. The summed E-state index contributed by atoms with van der Waals surface area (Å²) in [6.07, 6.45) is 3.66. The summed E-state index contributed by atoms with van der Waals surface area (Å²) in [5.41, 5.74) is 2.25. The molecule has 0 unspecified atom stereocenters. The first kappa shape index (κ1) is 13.5. The van der Waals surface area contributed by atoms with E-state index in [4.69, 9.17) is 0 Å². The summed E-state index contributed by atoms with van der Waals surface area (Å²) in [5, 5.41) is 0. The molecule has 20 heavy (non-hydrogen) atoms. The van der Waals surface area contributed by atoms with Gasteiger partial charge in [-0.2, -0.15) is 4.99 Å². The zero-order chi connectivity index (χ0) is 14.0. The molecule has 2 aliphatic rings. The summed E-state index contributed by atoms with van der Waals surface area (Å²) in [5.74, 6) is 0. The molecular formula is C16H21N3O. The van der Waals surface area contributed by atoms with Crippen LogP contribution in [-0.2, 0) is 16.9 Å². The van der Waals surface area contributed by atoms with Crippen molar-refractivity contribution < 1.29 is 4.79 Å². The van der Waals surface area contributed by atoms with E-state index in [0.29, 0.717) is 0 Å². The second-order valence-electron chi connectivity index (χ2n) is 6.01.